The number of benzene rings is 3. The second-order valence-corrected chi connectivity index (χ2v) is 7.22. The molecule has 0 bridgehead atoms. The van der Waals surface area contributed by atoms with Gasteiger partial charge >= 0.3 is 0 Å². The summed E-state index contributed by atoms with van der Waals surface area (Å²) in [6.45, 7) is 7.79. The van der Waals surface area contributed by atoms with Gasteiger partial charge in [-0.2, -0.15) is 0 Å². The molecule has 0 fully saturated rings. The first-order valence-corrected chi connectivity index (χ1v) is 9.22. The van der Waals surface area contributed by atoms with Crippen molar-refractivity contribution in [1.29, 1.82) is 0 Å². The van der Waals surface area contributed by atoms with E-state index in [1.807, 2.05) is 36.5 Å². The fraction of sp³-hybridized carbons (Fsp3) is 0.208. The lowest BCUT2D eigenvalue weighted by Gasteiger charge is -2.25. The first-order valence-electron chi connectivity index (χ1n) is 9.22. The third-order valence-electron chi connectivity index (χ3n) is 5.28. The van der Waals surface area contributed by atoms with Crippen LogP contribution in [0.5, 0.6) is 0 Å². The molecule has 0 N–H and O–H groups in total. The molecule has 0 saturated heterocycles. The standard InChI is InChI=1S/C24H24N2/c1-4-26-21-15-14-18-10-8-9-13-20(18)23(21)24(2,3)22(26)16-17-25-19-11-6-5-7-12-19/h5-17H,4H2,1-3H3/b22-16-,25-17?. The van der Waals surface area contributed by atoms with Crippen molar-refractivity contribution in [2.45, 2.75) is 26.2 Å². The summed E-state index contributed by atoms with van der Waals surface area (Å²) in [4.78, 5) is 7.02. The average molecular weight is 340 g/mol. The zero-order chi connectivity index (χ0) is 18.1. The Morgan fingerprint density at radius 1 is 0.923 bits per heavy atom. The van der Waals surface area contributed by atoms with Crippen molar-refractivity contribution in [3.8, 4) is 0 Å². The second-order valence-electron chi connectivity index (χ2n) is 7.22. The molecular formula is C24H24N2. The van der Waals surface area contributed by atoms with Gasteiger partial charge in [-0.3, -0.25) is 4.99 Å². The van der Waals surface area contributed by atoms with E-state index in [4.69, 9.17) is 0 Å². The van der Waals surface area contributed by atoms with Crippen molar-refractivity contribution < 1.29 is 0 Å². The molecule has 1 aliphatic rings. The molecule has 0 atom stereocenters. The Morgan fingerprint density at radius 2 is 1.65 bits per heavy atom. The molecule has 0 spiro atoms. The lowest BCUT2D eigenvalue weighted by atomic mass is 9.81. The number of likely N-dealkylation sites (N-methyl/N-ethyl adjacent to an activating group) is 1. The summed E-state index contributed by atoms with van der Waals surface area (Å²) in [6, 6.07) is 23.3. The van der Waals surface area contributed by atoms with Crippen molar-refractivity contribution in [2.24, 2.45) is 4.99 Å². The highest BCUT2D eigenvalue weighted by Crippen LogP contribution is 2.50. The van der Waals surface area contributed by atoms with E-state index in [1.165, 1.54) is 27.7 Å². The second kappa shape index (κ2) is 6.45. The van der Waals surface area contributed by atoms with Gasteiger partial charge in [0.15, 0.2) is 0 Å². The van der Waals surface area contributed by atoms with E-state index >= 15 is 0 Å². The van der Waals surface area contributed by atoms with Crippen LogP contribution in [0.1, 0.15) is 26.3 Å². The van der Waals surface area contributed by atoms with Crippen LogP contribution in [-0.4, -0.2) is 12.8 Å². The van der Waals surface area contributed by atoms with Crippen LogP contribution in [-0.2, 0) is 5.41 Å². The summed E-state index contributed by atoms with van der Waals surface area (Å²) in [7, 11) is 0. The molecule has 0 radical (unpaired) electrons. The number of hydrogen-bond acceptors (Lipinski definition) is 2. The molecule has 3 aromatic carbocycles. The van der Waals surface area contributed by atoms with Gasteiger partial charge in [-0.1, -0.05) is 62.4 Å². The minimum atomic E-state index is -0.0606. The zero-order valence-electron chi connectivity index (χ0n) is 15.6. The van der Waals surface area contributed by atoms with Gasteiger partial charge in [0, 0.05) is 29.6 Å². The van der Waals surface area contributed by atoms with Crippen LogP contribution < -0.4 is 4.90 Å². The van der Waals surface area contributed by atoms with Crippen LogP contribution in [0.15, 0.2) is 83.5 Å². The van der Waals surface area contributed by atoms with E-state index in [0.717, 1.165) is 12.2 Å². The molecule has 0 unspecified atom stereocenters. The van der Waals surface area contributed by atoms with Gasteiger partial charge in [-0.05, 0) is 47.5 Å². The van der Waals surface area contributed by atoms with Gasteiger partial charge in [0.2, 0.25) is 0 Å². The van der Waals surface area contributed by atoms with Gasteiger partial charge in [-0.25, -0.2) is 0 Å². The van der Waals surface area contributed by atoms with E-state index in [1.54, 1.807) is 0 Å². The van der Waals surface area contributed by atoms with Crippen LogP contribution >= 0.6 is 0 Å². The van der Waals surface area contributed by atoms with Crippen molar-refractivity contribution in [2.75, 3.05) is 11.4 Å². The van der Waals surface area contributed by atoms with Gasteiger partial charge in [-0.15, -0.1) is 0 Å². The third kappa shape index (κ3) is 2.62. The summed E-state index contributed by atoms with van der Waals surface area (Å²) in [6.07, 6.45) is 4.11. The Balaban J connectivity index is 1.82. The Bertz CT molecular complexity index is 997. The average Bonchev–Trinajstić information content (AvgIpc) is 2.89. The maximum absolute atomic E-state index is 4.60. The number of rotatable bonds is 3. The monoisotopic (exact) mass is 340 g/mol. The number of para-hydroxylation sites is 1. The maximum Gasteiger partial charge on any atom is 0.0629 e. The molecule has 1 heterocycles. The number of hydrogen-bond donors (Lipinski definition) is 0. The highest BCUT2D eigenvalue weighted by molar-refractivity contribution is 5.95. The predicted molar refractivity (Wildman–Crippen MR) is 113 cm³/mol. The van der Waals surface area contributed by atoms with Gasteiger partial charge in [0.1, 0.15) is 0 Å². The highest BCUT2D eigenvalue weighted by Gasteiger charge is 2.40. The van der Waals surface area contributed by atoms with Crippen LogP contribution in [0, 0.1) is 0 Å². The minimum Gasteiger partial charge on any atom is -0.344 e. The topological polar surface area (TPSA) is 15.6 Å². The molecule has 2 nitrogen and oxygen atoms in total. The van der Waals surface area contributed by atoms with Gasteiger partial charge < -0.3 is 4.90 Å². The lowest BCUT2D eigenvalue weighted by molar-refractivity contribution is 0.639. The summed E-state index contributed by atoms with van der Waals surface area (Å²) in [5.41, 5.74) is 4.94. The van der Waals surface area contributed by atoms with E-state index in [0.29, 0.717) is 0 Å². The van der Waals surface area contributed by atoms with E-state index in [9.17, 15) is 0 Å². The first-order chi connectivity index (χ1) is 12.6. The smallest absolute Gasteiger partial charge is 0.0629 e. The molecule has 1 aliphatic heterocycles. The van der Waals surface area contributed by atoms with E-state index < -0.39 is 0 Å². The summed E-state index contributed by atoms with van der Waals surface area (Å²) in [5, 5.41) is 2.64. The molecule has 130 valence electrons. The van der Waals surface area contributed by atoms with Crippen molar-refractivity contribution in [3.05, 3.63) is 84.1 Å². The Hall–Kier alpha value is -2.87. The molecule has 0 amide bonds. The Kier molecular flexibility index (Phi) is 4.12. The van der Waals surface area contributed by atoms with Crippen LogP contribution in [0.25, 0.3) is 10.8 Å². The number of nitrogens with zero attached hydrogens (tertiary/aromatic N) is 2. The molecule has 2 heteroatoms. The summed E-state index contributed by atoms with van der Waals surface area (Å²) < 4.78 is 0. The number of anilines is 1. The Labute approximate surface area is 155 Å². The number of fused-ring (bicyclic) bond motifs is 3. The summed E-state index contributed by atoms with van der Waals surface area (Å²) in [5.74, 6) is 0. The first kappa shape index (κ1) is 16.6. The van der Waals surface area contributed by atoms with Crippen LogP contribution in [0.4, 0.5) is 11.4 Å². The van der Waals surface area contributed by atoms with Crippen molar-refractivity contribution >= 4 is 28.4 Å². The molecule has 3 aromatic rings. The Morgan fingerprint density at radius 3 is 2.42 bits per heavy atom. The van der Waals surface area contributed by atoms with Crippen molar-refractivity contribution in [1.82, 2.24) is 0 Å². The maximum atomic E-state index is 4.60. The predicted octanol–water partition coefficient (Wildman–Crippen LogP) is 6.24. The van der Waals surface area contributed by atoms with E-state index in [2.05, 4.69) is 73.1 Å². The molecule has 0 saturated carbocycles. The summed E-state index contributed by atoms with van der Waals surface area (Å²) >= 11 is 0. The third-order valence-corrected chi connectivity index (χ3v) is 5.28. The van der Waals surface area contributed by atoms with E-state index in [-0.39, 0.29) is 5.41 Å². The molecule has 0 aliphatic carbocycles. The SMILES string of the molecule is CCN1/C(=C\C=Nc2ccccc2)C(C)(C)c2c1ccc1ccccc21. The molecule has 26 heavy (non-hydrogen) atoms. The number of allylic oxidation sites excluding steroid dienone is 2. The fourth-order valence-electron chi connectivity index (χ4n) is 4.08. The molecule has 4 rings (SSSR count). The zero-order valence-corrected chi connectivity index (χ0v) is 15.6. The lowest BCUT2D eigenvalue weighted by Crippen LogP contribution is -2.26. The molecular weight excluding hydrogens is 316 g/mol. The quantitative estimate of drug-likeness (QED) is 0.515. The highest BCUT2D eigenvalue weighted by atomic mass is 15.2. The van der Waals surface area contributed by atoms with Gasteiger partial charge in [0.05, 0.1) is 5.69 Å². The van der Waals surface area contributed by atoms with Gasteiger partial charge in [0.25, 0.3) is 0 Å². The van der Waals surface area contributed by atoms with Crippen LogP contribution in [0.3, 0.4) is 0 Å². The molecule has 0 aromatic heterocycles. The van der Waals surface area contributed by atoms with Crippen molar-refractivity contribution in [3.63, 3.8) is 0 Å². The largest absolute Gasteiger partial charge is 0.344 e. The number of aliphatic imine (C=N–C) groups is 1. The van der Waals surface area contributed by atoms with Crippen LogP contribution in [0.2, 0.25) is 0 Å². The normalized spacial score (nSPS) is 17.3. The minimum absolute atomic E-state index is 0.0606. The fourth-order valence-corrected chi connectivity index (χ4v) is 4.08.